The van der Waals surface area contributed by atoms with Crippen molar-refractivity contribution >= 4 is 15.7 Å². The molecule has 94 valence electrons. The van der Waals surface area contributed by atoms with Gasteiger partial charge in [-0.25, -0.2) is 8.42 Å². The molecule has 1 rings (SSSR count). The molecule has 1 aromatic carbocycles. The van der Waals surface area contributed by atoms with Crippen LogP contribution in [0.3, 0.4) is 0 Å². The zero-order chi connectivity index (χ0) is 13.1. The Kier molecular flexibility index (Phi) is 4.28. The van der Waals surface area contributed by atoms with Crippen molar-refractivity contribution in [3.05, 3.63) is 35.9 Å². The average molecular weight is 255 g/mol. The second-order valence-corrected chi connectivity index (χ2v) is 6.57. The fraction of sp³-hybridized carbons (Fsp3) is 0.417. The molecule has 0 aliphatic rings. The molecule has 0 aliphatic heterocycles. The Labute approximate surface area is 102 Å². The van der Waals surface area contributed by atoms with Gasteiger partial charge < -0.3 is 5.32 Å². The second kappa shape index (κ2) is 5.31. The summed E-state index contributed by atoms with van der Waals surface area (Å²) < 4.78 is 22.7. The lowest BCUT2D eigenvalue weighted by Gasteiger charge is -2.19. The molecular formula is C12H17NO3S. The van der Waals surface area contributed by atoms with E-state index in [4.69, 9.17) is 0 Å². The lowest BCUT2D eigenvalue weighted by Crippen LogP contribution is -2.43. The van der Waals surface area contributed by atoms with Crippen LogP contribution < -0.4 is 5.32 Å². The van der Waals surface area contributed by atoms with Crippen LogP contribution in [0.2, 0.25) is 0 Å². The van der Waals surface area contributed by atoms with E-state index in [-0.39, 0.29) is 5.91 Å². The first kappa shape index (κ1) is 13.7. The van der Waals surface area contributed by atoms with Gasteiger partial charge >= 0.3 is 0 Å². The molecule has 17 heavy (non-hydrogen) atoms. The fourth-order valence-corrected chi connectivity index (χ4v) is 2.18. The van der Waals surface area contributed by atoms with E-state index in [2.05, 4.69) is 5.32 Å². The van der Waals surface area contributed by atoms with Crippen LogP contribution in [0.4, 0.5) is 0 Å². The number of hydrogen-bond acceptors (Lipinski definition) is 3. The number of hydrogen-bond donors (Lipinski definition) is 1. The van der Waals surface area contributed by atoms with Crippen molar-refractivity contribution in [1.29, 1.82) is 0 Å². The minimum atomic E-state index is -3.14. The van der Waals surface area contributed by atoms with Gasteiger partial charge in [0.05, 0.1) is 5.25 Å². The van der Waals surface area contributed by atoms with E-state index in [0.29, 0.717) is 5.56 Å². The maximum Gasteiger partial charge on any atom is 0.251 e. The zero-order valence-electron chi connectivity index (χ0n) is 10.2. The molecule has 4 nitrogen and oxygen atoms in total. The van der Waals surface area contributed by atoms with Crippen molar-refractivity contribution < 1.29 is 13.2 Å². The third kappa shape index (κ3) is 3.85. The largest absolute Gasteiger partial charge is 0.348 e. The number of nitrogens with one attached hydrogen (secondary N) is 1. The lowest BCUT2D eigenvalue weighted by molar-refractivity contribution is 0.0940. The van der Waals surface area contributed by atoms with Crippen molar-refractivity contribution in [2.45, 2.75) is 25.1 Å². The van der Waals surface area contributed by atoms with E-state index >= 15 is 0 Å². The van der Waals surface area contributed by atoms with Crippen LogP contribution in [-0.4, -0.2) is 31.9 Å². The molecule has 0 heterocycles. The first-order valence-corrected chi connectivity index (χ1v) is 7.32. The predicted octanol–water partition coefficient (Wildman–Crippen LogP) is 1.24. The standard InChI is InChI=1S/C12H17NO3S/c1-9(10(2)17(3,15)16)13-12(14)11-7-5-4-6-8-11/h4-10H,1-3H3,(H,13,14)/t9-,10?/m1/s1. The van der Waals surface area contributed by atoms with E-state index in [1.54, 1.807) is 38.1 Å². The van der Waals surface area contributed by atoms with E-state index in [0.717, 1.165) is 0 Å². The topological polar surface area (TPSA) is 63.2 Å². The number of carbonyl (C=O) groups is 1. The first-order valence-electron chi connectivity index (χ1n) is 5.37. The molecule has 1 aromatic rings. The Morgan fingerprint density at radius 2 is 1.71 bits per heavy atom. The molecule has 0 bridgehead atoms. The van der Waals surface area contributed by atoms with Crippen LogP contribution in [0.1, 0.15) is 24.2 Å². The third-order valence-electron chi connectivity index (χ3n) is 2.77. The highest BCUT2D eigenvalue weighted by Crippen LogP contribution is 2.06. The first-order chi connectivity index (χ1) is 7.82. The summed E-state index contributed by atoms with van der Waals surface area (Å²) in [6, 6.07) is 8.30. The highest BCUT2D eigenvalue weighted by atomic mass is 32.2. The van der Waals surface area contributed by atoms with Gasteiger partial charge in [-0.15, -0.1) is 0 Å². The Hall–Kier alpha value is -1.36. The fourth-order valence-electron chi connectivity index (χ4n) is 1.37. The van der Waals surface area contributed by atoms with Crippen molar-refractivity contribution in [2.75, 3.05) is 6.26 Å². The van der Waals surface area contributed by atoms with Gasteiger partial charge in [-0.1, -0.05) is 18.2 Å². The molecule has 0 fully saturated rings. The van der Waals surface area contributed by atoms with Crippen LogP contribution in [0.15, 0.2) is 30.3 Å². The quantitative estimate of drug-likeness (QED) is 0.880. The average Bonchev–Trinajstić information content (AvgIpc) is 2.27. The maximum absolute atomic E-state index is 11.8. The zero-order valence-corrected chi connectivity index (χ0v) is 11.0. The Balaban J connectivity index is 2.71. The van der Waals surface area contributed by atoms with Gasteiger partial charge in [-0.05, 0) is 26.0 Å². The predicted molar refractivity (Wildman–Crippen MR) is 67.7 cm³/mol. The van der Waals surface area contributed by atoms with Crippen LogP contribution in [0.25, 0.3) is 0 Å². The van der Waals surface area contributed by atoms with Crippen LogP contribution >= 0.6 is 0 Å². The monoisotopic (exact) mass is 255 g/mol. The SMILES string of the molecule is CC([C@@H](C)NC(=O)c1ccccc1)S(C)(=O)=O. The summed E-state index contributed by atoms with van der Waals surface area (Å²) in [6.45, 7) is 3.28. The van der Waals surface area contributed by atoms with Gasteiger partial charge in [-0.2, -0.15) is 0 Å². The Morgan fingerprint density at radius 3 is 2.18 bits per heavy atom. The van der Waals surface area contributed by atoms with Crippen molar-refractivity contribution in [3.63, 3.8) is 0 Å². The molecule has 0 saturated heterocycles. The molecular weight excluding hydrogens is 238 g/mol. The van der Waals surface area contributed by atoms with Gasteiger partial charge in [0.2, 0.25) is 0 Å². The summed E-state index contributed by atoms with van der Waals surface area (Å²) in [5.74, 6) is -0.256. The van der Waals surface area contributed by atoms with E-state index in [1.807, 2.05) is 6.07 Å². The molecule has 1 unspecified atom stereocenters. The van der Waals surface area contributed by atoms with Gasteiger partial charge in [0, 0.05) is 17.9 Å². The number of amides is 1. The van der Waals surface area contributed by atoms with Crippen molar-refractivity contribution in [1.82, 2.24) is 5.32 Å². The number of benzene rings is 1. The highest BCUT2D eigenvalue weighted by molar-refractivity contribution is 7.91. The molecule has 0 aliphatic carbocycles. The molecule has 1 N–H and O–H groups in total. The molecule has 0 aromatic heterocycles. The molecule has 1 amide bonds. The van der Waals surface area contributed by atoms with E-state index < -0.39 is 21.1 Å². The number of sulfone groups is 1. The molecule has 0 spiro atoms. The summed E-state index contributed by atoms with van der Waals surface area (Å²) >= 11 is 0. The van der Waals surface area contributed by atoms with E-state index in [1.165, 1.54) is 6.26 Å². The number of carbonyl (C=O) groups excluding carboxylic acids is 1. The minimum absolute atomic E-state index is 0.256. The summed E-state index contributed by atoms with van der Waals surface area (Å²) in [5.41, 5.74) is 0.528. The molecule has 2 atom stereocenters. The van der Waals surface area contributed by atoms with Gasteiger partial charge in [0.1, 0.15) is 0 Å². The Morgan fingerprint density at radius 1 is 1.18 bits per heavy atom. The second-order valence-electron chi connectivity index (χ2n) is 4.16. The van der Waals surface area contributed by atoms with Crippen LogP contribution in [0.5, 0.6) is 0 Å². The van der Waals surface area contributed by atoms with Crippen LogP contribution in [0, 0.1) is 0 Å². The van der Waals surface area contributed by atoms with Gasteiger partial charge in [0.15, 0.2) is 9.84 Å². The van der Waals surface area contributed by atoms with Gasteiger partial charge in [0.25, 0.3) is 5.91 Å². The summed E-state index contributed by atoms with van der Waals surface area (Å²) in [5, 5.41) is 2.08. The Bertz CT molecular complexity index is 482. The lowest BCUT2D eigenvalue weighted by atomic mass is 10.2. The normalized spacial score (nSPS) is 15.0. The summed E-state index contributed by atoms with van der Waals surface area (Å²) in [4.78, 5) is 11.8. The minimum Gasteiger partial charge on any atom is -0.348 e. The maximum atomic E-state index is 11.8. The van der Waals surface area contributed by atoms with Gasteiger partial charge in [-0.3, -0.25) is 4.79 Å². The third-order valence-corrected chi connectivity index (χ3v) is 4.53. The van der Waals surface area contributed by atoms with E-state index in [9.17, 15) is 13.2 Å². The van der Waals surface area contributed by atoms with Crippen molar-refractivity contribution in [3.8, 4) is 0 Å². The number of rotatable bonds is 4. The van der Waals surface area contributed by atoms with Crippen LogP contribution in [-0.2, 0) is 9.84 Å². The molecule has 0 radical (unpaired) electrons. The summed E-state index contributed by atoms with van der Waals surface area (Å²) in [7, 11) is -3.14. The summed E-state index contributed by atoms with van der Waals surface area (Å²) in [6.07, 6.45) is 1.17. The molecule has 5 heteroatoms. The molecule has 0 saturated carbocycles. The smallest absolute Gasteiger partial charge is 0.251 e. The highest BCUT2D eigenvalue weighted by Gasteiger charge is 2.23. The van der Waals surface area contributed by atoms with Crippen molar-refractivity contribution in [2.24, 2.45) is 0 Å².